The summed E-state index contributed by atoms with van der Waals surface area (Å²) >= 11 is 0. The van der Waals surface area contributed by atoms with Crippen LogP contribution in [-0.2, 0) is 13.1 Å². The van der Waals surface area contributed by atoms with Crippen LogP contribution in [0.5, 0.6) is 0 Å². The monoisotopic (exact) mass is 472 g/mol. The molecule has 2 aromatic heterocycles. The summed E-state index contributed by atoms with van der Waals surface area (Å²) < 4.78 is 4.09. The maximum absolute atomic E-state index is 11.4. The average molecular weight is 473 g/mol. The van der Waals surface area contributed by atoms with Crippen LogP contribution >= 0.6 is 0 Å². The van der Waals surface area contributed by atoms with Crippen molar-refractivity contribution in [2.75, 3.05) is 0 Å². The Morgan fingerprint density at radius 2 is 1.44 bits per heavy atom. The van der Waals surface area contributed by atoms with Gasteiger partial charge in [0.1, 0.15) is 5.52 Å². The topological polar surface area (TPSA) is 55.9 Å². The van der Waals surface area contributed by atoms with Crippen molar-refractivity contribution in [2.45, 2.75) is 33.0 Å². The van der Waals surface area contributed by atoms with Gasteiger partial charge in [-0.2, -0.15) is 0 Å². The van der Waals surface area contributed by atoms with Crippen molar-refractivity contribution in [3.63, 3.8) is 0 Å². The van der Waals surface area contributed by atoms with Crippen LogP contribution in [-0.4, -0.2) is 30.8 Å². The standard InChI is InChI=1S/C31H28N4O/c1-21-17-22(2)30-26(18-21)29(23-11-5-3-6-12-23)31(24-13-7-4-8-14-24)34(30)19-25(36)20-35-28-16-10-9-15-27(28)32-33-35/h3-18,25,36H,19-20H2,1-2H3/t25-/m1/s1. The summed E-state index contributed by atoms with van der Waals surface area (Å²) in [5, 5.41) is 21.1. The molecule has 36 heavy (non-hydrogen) atoms. The van der Waals surface area contributed by atoms with E-state index in [1.807, 2.05) is 36.4 Å². The Hall–Kier alpha value is -4.22. The lowest BCUT2D eigenvalue weighted by Gasteiger charge is -2.18. The molecule has 0 aliphatic heterocycles. The highest BCUT2D eigenvalue weighted by Crippen LogP contribution is 2.42. The molecule has 1 N–H and O–H groups in total. The molecule has 0 amide bonds. The molecule has 2 heterocycles. The van der Waals surface area contributed by atoms with Gasteiger partial charge in [0.2, 0.25) is 0 Å². The highest BCUT2D eigenvalue weighted by atomic mass is 16.3. The minimum Gasteiger partial charge on any atom is -0.389 e. The minimum absolute atomic E-state index is 0.361. The molecule has 5 heteroatoms. The van der Waals surface area contributed by atoms with Crippen LogP contribution < -0.4 is 0 Å². The number of benzene rings is 4. The Kier molecular flexibility index (Phi) is 5.62. The van der Waals surface area contributed by atoms with Crippen molar-refractivity contribution in [3.05, 3.63) is 108 Å². The first-order chi connectivity index (χ1) is 17.6. The predicted octanol–water partition coefficient (Wildman–Crippen LogP) is 6.40. The largest absolute Gasteiger partial charge is 0.389 e. The van der Waals surface area contributed by atoms with Gasteiger partial charge in [-0.15, -0.1) is 5.10 Å². The van der Waals surface area contributed by atoms with Crippen molar-refractivity contribution in [2.24, 2.45) is 0 Å². The Labute approximate surface area is 210 Å². The van der Waals surface area contributed by atoms with Gasteiger partial charge >= 0.3 is 0 Å². The second-order valence-corrected chi connectivity index (χ2v) is 9.46. The van der Waals surface area contributed by atoms with Gasteiger partial charge in [0.15, 0.2) is 0 Å². The molecule has 0 bridgehead atoms. The smallest absolute Gasteiger partial charge is 0.113 e. The lowest BCUT2D eigenvalue weighted by molar-refractivity contribution is 0.133. The molecular weight excluding hydrogens is 444 g/mol. The Bertz CT molecular complexity index is 1670. The molecule has 0 aliphatic carbocycles. The SMILES string of the molecule is Cc1cc(C)c2c(c1)c(-c1ccccc1)c(-c1ccccc1)n2C[C@@H](O)Cn1nnc2ccccc21. The van der Waals surface area contributed by atoms with Gasteiger partial charge in [-0.25, -0.2) is 4.68 Å². The number of aryl methyl sites for hydroxylation is 2. The molecule has 0 fully saturated rings. The molecule has 0 radical (unpaired) electrons. The number of nitrogens with zero attached hydrogens (tertiary/aromatic N) is 4. The van der Waals surface area contributed by atoms with Crippen molar-refractivity contribution in [3.8, 4) is 22.4 Å². The number of rotatable bonds is 6. The van der Waals surface area contributed by atoms with Crippen molar-refractivity contribution >= 4 is 21.9 Å². The second kappa shape index (κ2) is 9.10. The molecule has 178 valence electrons. The van der Waals surface area contributed by atoms with Gasteiger partial charge in [0.25, 0.3) is 0 Å². The van der Waals surface area contributed by atoms with E-state index < -0.39 is 6.10 Å². The number of para-hydroxylation sites is 1. The fraction of sp³-hybridized carbons (Fsp3) is 0.161. The molecule has 6 aromatic rings. The molecule has 0 saturated carbocycles. The molecule has 0 unspecified atom stereocenters. The minimum atomic E-state index is -0.655. The third-order valence-corrected chi connectivity index (χ3v) is 6.80. The molecule has 1 atom stereocenters. The maximum atomic E-state index is 11.4. The number of aliphatic hydroxyl groups excluding tert-OH is 1. The Morgan fingerprint density at radius 1 is 0.778 bits per heavy atom. The summed E-state index contributed by atoms with van der Waals surface area (Å²) in [6.07, 6.45) is -0.655. The summed E-state index contributed by atoms with van der Waals surface area (Å²) in [4.78, 5) is 0. The van der Waals surface area contributed by atoms with Crippen LogP contribution in [0.25, 0.3) is 44.3 Å². The first-order valence-electron chi connectivity index (χ1n) is 12.3. The summed E-state index contributed by atoms with van der Waals surface area (Å²) in [6.45, 7) is 5.10. The number of hydrogen-bond donors (Lipinski definition) is 1. The van der Waals surface area contributed by atoms with Crippen LogP contribution in [0.4, 0.5) is 0 Å². The summed E-state index contributed by atoms with van der Waals surface area (Å²) in [5.41, 5.74) is 9.94. The van der Waals surface area contributed by atoms with E-state index in [2.05, 4.69) is 89.4 Å². The summed E-state index contributed by atoms with van der Waals surface area (Å²) in [7, 11) is 0. The fourth-order valence-electron chi connectivity index (χ4n) is 5.38. The summed E-state index contributed by atoms with van der Waals surface area (Å²) in [5.74, 6) is 0. The van der Waals surface area contributed by atoms with E-state index in [4.69, 9.17) is 0 Å². The zero-order chi connectivity index (χ0) is 24.6. The number of aliphatic hydroxyl groups is 1. The van der Waals surface area contributed by atoms with Gasteiger partial charge < -0.3 is 9.67 Å². The van der Waals surface area contributed by atoms with E-state index >= 15 is 0 Å². The van der Waals surface area contributed by atoms with E-state index in [9.17, 15) is 5.11 Å². The fourth-order valence-corrected chi connectivity index (χ4v) is 5.38. The van der Waals surface area contributed by atoms with Crippen molar-refractivity contribution < 1.29 is 5.11 Å². The van der Waals surface area contributed by atoms with E-state index in [-0.39, 0.29) is 0 Å². The molecule has 0 spiro atoms. The van der Waals surface area contributed by atoms with Crippen LogP contribution in [0.1, 0.15) is 11.1 Å². The first kappa shape index (κ1) is 22.3. The van der Waals surface area contributed by atoms with Crippen molar-refractivity contribution in [1.29, 1.82) is 0 Å². The van der Waals surface area contributed by atoms with Gasteiger partial charge in [-0.05, 0) is 48.7 Å². The zero-order valence-electron chi connectivity index (χ0n) is 20.5. The van der Waals surface area contributed by atoms with E-state index in [0.29, 0.717) is 13.1 Å². The van der Waals surface area contributed by atoms with Crippen LogP contribution in [0.2, 0.25) is 0 Å². The summed E-state index contributed by atoms with van der Waals surface area (Å²) in [6, 6.07) is 33.4. The third kappa shape index (κ3) is 3.88. The zero-order valence-corrected chi connectivity index (χ0v) is 20.5. The molecule has 0 aliphatic rings. The highest BCUT2D eigenvalue weighted by molar-refractivity contribution is 6.06. The van der Waals surface area contributed by atoms with Gasteiger partial charge in [-0.3, -0.25) is 0 Å². The van der Waals surface area contributed by atoms with E-state index in [1.54, 1.807) is 4.68 Å². The van der Waals surface area contributed by atoms with Gasteiger partial charge in [-0.1, -0.05) is 89.6 Å². The average Bonchev–Trinajstić information content (AvgIpc) is 3.44. The third-order valence-electron chi connectivity index (χ3n) is 6.80. The number of fused-ring (bicyclic) bond motifs is 2. The second-order valence-electron chi connectivity index (χ2n) is 9.46. The first-order valence-corrected chi connectivity index (χ1v) is 12.3. The number of aromatic nitrogens is 4. The lowest BCUT2D eigenvalue weighted by Crippen LogP contribution is -2.23. The lowest BCUT2D eigenvalue weighted by atomic mass is 9.97. The van der Waals surface area contributed by atoms with Crippen LogP contribution in [0.3, 0.4) is 0 Å². The van der Waals surface area contributed by atoms with E-state index in [0.717, 1.165) is 27.8 Å². The molecule has 0 saturated heterocycles. The highest BCUT2D eigenvalue weighted by Gasteiger charge is 2.23. The quantitative estimate of drug-likeness (QED) is 0.305. The Morgan fingerprint density at radius 3 is 2.19 bits per heavy atom. The predicted molar refractivity (Wildman–Crippen MR) is 146 cm³/mol. The van der Waals surface area contributed by atoms with Gasteiger partial charge in [0, 0.05) is 10.9 Å². The van der Waals surface area contributed by atoms with Gasteiger partial charge in [0.05, 0.1) is 35.9 Å². The molecule has 4 aromatic carbocycles. The molecule has 6 rings (SSSR count). The Balaban J connectivity index is 1.54. The number of hydrogen-bond acceptors (Lipinski definition) is 3. The van der Waals surface area contributed by atoms with Crippen molar-refractivity contribution in [1.82, 2.24) is 19.6 Å². The molecule has 5 nitrogen and oxygen atoms in total. The normalized spacial score (nSPS) is 12.4. The van der Waals surface area contributed by atoms with Crippen LogP contribution in [0, 0.1) is 13.8 Å². The van der Waals surface area contributed by atoms with E-state index in [1.165, 1.54) is 27.6 Å². The molecular formula is C31H28N4O. The van der Waals surface area contributed by atoms with Crippen LogP contribution in [0.15, 0.2) is 97.1 Å². The maximum Gasteiger partial charge on any atom is 0.113 e.